The lowest BCUT2D eigenvalue weighted by Gasteiger charge is -2.08. The highest BCUT2D eigenvalue weighted by Crippen LogP contribution is 2.32. The van der Waals surface area contributed by atoms with Crippen molar-refractivity contribution < 1.29 is 19.4 Å². The summed E-state index contributed by atoms with van der Waals surface area (Å²) in [6, 6.07) is 10.4. The van der Waals surface area contributed by atoms with Crippen molar-refractivity contribution in [2.75, 3.05) is 14.2 Å². The van der Waals surface area contributed by atoms with E-state index in [2.05, 4.69) is 9.97 Å². The van der Waals surface area contributed by atoms with Gasteiger partial charge >= 0.3 is 5.97 Å². The van der Waals surface area contributed by atoms with Crippen LogP contribution in [-0.4, -0.2) is 35.3 Å². The number of rotatable bonds is 4. The number of aromatic amines is 1. The zero-order chi connectivity index (χ0) is 15.7. The summed E-state index contributed by atoms with van der Waals surface area (Å²) in [5.74, 6) is 0.783. The van der Waals surface area contributed by atoms with Crippen molar-refractivity contribution >= 4 is 17.0 Å². The topological polar surface area (TPSA) is 84.4 Å². The Balaban J connectivity index is 2.15. The summed E-state index contributed by atoms with van der Waals surface area (Å²) in [4.78, 5) is 18.8. The third-order valence-electron chi connectivity index (χ3n) is 3.41. The van der Waals surface area contributed by atoms with Crippen LogP contribution in [0.2, 0.25) is 0 Å². The first-order chi connectivity index (χ1) is 10.6. The number of methoxy groups -OCH3 is 2. The molecule has 112 valence electrons. The molecule has 0 aliphatic carbocycles. The number of H-pyrrole nitrogens is 1. The molecule has 0 atom stereocenters. The second kappa shape index (κ2) is 5.40. The van der Waals surface area contributed by atoms with Gasteiger partial charge in [0.2, 0.25) is 0 Å². The average Bonchev–Trinajstić information content (AvgIpc) is 2.97. The van der Waals surface area contributed by atoms with E-state index >= 15 is 0 Å². The summed E-state index contributed by atoms with van der Waals surface area (Å²) < 4.78 is 10.5. The van der Waals surface area contributed by atoms with Gasteiger partial charge in [-0.15, -0.1) is 0 Å². The standard InChI is InChI=1S/C16H14N2O4/c1-21-12-7-6-9(8-13(12)22-2)15-17-11-5-3-4-10(16(19)20)14(11)18-15/h3-8H,1-2H3,(H,17,18)(H,19,20). The number of carboxylic acid groups (broad SMARTS) is 1. The molecule has 0 radical (unpaired) electrons. The van der Waals surface area contributed by atoms with E-state index < -0.39 is 5.97 Å². The number of ether oxygens (including phenoxy) is 2. The van der Waals surface area contributed by atoms with Crippen LogP contribution in [-0.2, 0) is 0 Å². The molecule has 0 amide bonds. The Kier molecular flexibility index (Phi) is 3.42. The van der Waals surface area contributed by atoms with Gasteiger partial charge in [0.1, 0.15) is 5.82 Å². The zero-order valence-corrected chi connectivity index (χ0v) is 12.1. The summed E-state index contributed by atoms with van der Waals surface area (Å²) >= 11 is 0. The van der Waals surface area contributed by atoms with E-state index in [0.717, 1.165) is 5.56 Å². The number of carboxylic acids is 1. The van der Waals surface area contributed by atoms with Gasteiger partial charge in [-0.25, -0.2) is 9.78 Å². The predicted octanol–water partition coefficient (Wildman–Crippen LogP) is 2.95. The summed E-state index contributed by atoms with van der Waals surface area (Å²) in [6.07, 6.45) is 0. The van der Waals surface area contributed by atoms with Crippen molar-refractivity contribution in [3.8, 4) is 22.9 Å². The lowest BCUT2D eigenvalue weighted by molar-refractivity contribution is 0.0699. The minimum atomic E-state index is -0.992. The summed E-state index contributed by atoms with van der Waals surface area (Å²) in [5, 5.41) is 9.23. The van der Waals surface area contributed by atoms with Crippen LogP contribution in [0.15, 0.2) is 36.4 Å². The molecule has 1 heterocycles. The molecule has 1 aromatic heterocycles. The molecule has 3 aromatic rings. The molecule has 0 aliphatic heterocycles. The van der Waals surface area contributed by atoms with E-state index in [1.807, 2.05) is 6.07 Å². The fraction of sp³-hybridized carbons (Fsp3) is 0.125. The molecule has 0 aliphatic rings. The second-order valence-electron chi connectivity index (χ2n) is 4.66. The van der Waals surface area contributed by atoms with Crippen LogP contribution in [0.3, 0.4) is 0 Å². The third-order valence-corrected chi connectivity index (χ3v) is 3.41. The molecule has 0 saturated carbocycles. The number of para-hydroxylation sites is 1. The number of aromatic nitrogens is 2. The summed E-state index contributed by atoms with van der Waals surface area (Å²) in [6.45, 7) is 0. The Morgan fingerprint density at radius 1 is 1.14 bits per heavy atom. The number of fused-ring (bicyclic) bond motifs is 1. The van der Waals surface area contributed by atoms with E-state index in [0.29, 0.717) is 28.4 Å². The van der Waals surface area contributed by atoms with Crippen LogP contribution in [0.4, 0.5) is 0 Å². The minimum Gasteiger partial charge on any atom is -0.493 e. The highest BCUT2D eigenvalue weighted by Gasteiger charge is 2.14. The van der Waals surface area contributed by atoms with Crippen molar-refractivity contribution in [1.82, 2.24) is 9.97 Å². The van der Waals surface area contributed by atoms with Crippen molar-refractivity contribution in [3.05, 3.63) is 42.0 Å². The van der Waals surface area contributed by atoms with E-state index in [1.54, 1.807) is 44.6 Å². The van der Waals surface area contributed by atoms with Gasteiger partial charge in [0.25, 0.3) is 0 Å². The molecular weight excluding hydrogens is 284 g/mol. The lowest BCUT2D eigenvalue weighted by atomic mass is 10.2. The molecule has 0 unspecified atom stereocenters. The largest absolute Gasteiger partial charge is 0.493 e. The number of carbonyl (C=O) groups is 1. The quantitative estimate of drug-likeness (QED) is 0.773. The van der Waals surface area contributed by atoms with Crippen LogP contribution in [0, 0.1) is 0 Å². The van der Waals surface area contributed by atoms with Crippen molar-refractivity contribution in [2.45, 2.75) is 0 Å². The Bertz CT molecular complexity index is 854. The molecule has 2 N–H and O–H groups in total. The van der Waals surface area contributed by atoms with Crippen molar-refractivity contribution in [3.63, 3.8) is 0 Å². The Morgan fingerprint density at radius 3 is 2.59 bits per heavy atom. The van der Waals surface area contributed by atoms with Crippen LogP contribution in [0.25, 0.3) is 22.4 Å². The molecule has 0 bridgehead atoms. The molecule has 0 spiro atoms. The molecule has 6 nitrogen and oxygen atoms in total. The first kappa shape index (κ1) is 13.9. The van der Waals surface area contributed by atoms with Gasteiger partial charge in [-0.05, 0) is 30.3 Å². The third kappa shape index (κ3) is 2.24. The number of nitrogens with one attached hydrogen (secondary N) is 1. The van der Waals surface area contributed by atoms with E-state index in [-0.39, 0.29) is 5.56 Å². The second-order valence-corrected chi connectivity index (χ2v) is 4.66. The van der Waals surface area contributed by atoms with E-state index in [1.165, 1.54) is 0 Å². The normalized spacial score (nSPS) is 10.6. The SMILES string of the molecule is COc1ccc(-c2nc3cccc(C(=O)O)c3[nH]2)cc1OC. The molecule has 3 rings (SSSR count). The molecular formula is C16H14N2O4. The van der Waals surface area contributed by atoms with Crippen molar-refractivity contribution in [1.29, 1.82) is 0 Å². The maximum atomic E-state index is 11.3. The number of hydrogen-bond donors (Lipinski definition) is 2. The summed E-state index contributed by atoms with van der Waals surface area (Å²) in [5.41, 5.74) is 2.08. The molecule has 6 heteroatoms. The Morgan fingerprint density at radius 2 is 1.91 bits per heavy atom. The number of imidazole rings is 1. The molecule has 22 heavy (non-hydrogen) atoms. The van der Waals surface area contributed by atoms with Gasteiger partial charge in [-0.2, -0.15) is 0 Å². The number of nitrogens with zero attached hydrogens (tertiary/aromatic N) is 1. The fourth-order valence-corrected chi connectivity index (χ4v) is 2.33. The number of benzene rings is 2. The van der Waals surface area contributed by atoms with Gasteiger partial charge in [0.15, 0.2) is 11.5 Å². The van der Waals surface area contributed by atoms with E-state index in [4.69, 9.17) is 9.47 Å². The maximum absolute atomic E-state index is 11.3. The monoisotopic (exact) mass is 298 g/mol. The zero-order valence-electron chi connectivity index (χ0n) is 12.1. The van der Waals surface area contributed by atoms with Gasteiger partial charge in [0.05, 0.1) is 30.8 Å². The van der Waals surface area contributed by atoms with Gasteiger partial charge < -0.3 is 19.6 Å². The molecule has 0 fully saturated rings. The Hall–Kier alpha value is -3.02. The number of hydrogen-bond acceptors (Lipinski definition) is 4. The fourth-order valence-electron chi connectivity index (χ4n) is 2.33. The highest BCUT2D eigenvalue weighted by atomic mass is 16.5. The first-order valence-corrected chi connectivity index (χ1v) is 6.58. The van der Waals surface area contributed by atoms with Gasteiger partial charge in [0, 0.05) is 5.56 Å². The molecule has 2 aromatic carbocycles. The average molecular weight is 298 g/mol. The summed E-state index contributed by atoms with van der Waals surface area (Å²) in [7, 11) is 3.13. The lowest BCUT2D eigenvalue weighted by Crippen LogP contribution is -1.96. The van der Waals surface area contributed by atoms with Gasteiger partial charge in [-0.1, -0.05) is 6.07 Å². The van der Waals surface area contributed by atoms with Crippen molar-refractivity contribution in [2.24, 2.45) is 0 Å². The molecule has 0 saturated heterocycles. The van der Waals surface area contributed by atoms with E-state index in [9.17, 15) is 9.90 Å². The Labute approximate surface area is 126 Å². The van der Waals surface area contributed by atoms with Crippen LogP contribution < -0.4 is 9.47 Å². The smallest absolute Gasteiger partial charge is 0.337 e. The van der Waals surface area contributed by atoms with Crippen LogP contribution >= 0.6 is 0 Å². The predicted molar refractivity (Wildman–Crippen MR) is 81.6 cm³/mol. The maximum Gasteiger partial charge on any atom is 0.337 e. The van der Waals surface area contributed by atoms with Gasteiger partial charge in [-0.3, -0.25) is 0 Å². The van der Waals surface area contributed by atoms with Crippen LogP contribution in [0.1, 0.15) is 10.4 Å². The first-order valence-electron chi connectivity index (χ1n) is 6.58. The highest BCUT2D eigenvalue weighted by molar-refractivity contribution is 6.01. The van der Waals surface area contributed by atoms with Crippen LogP contribution in [0.5, 0.6) is 11.5 Å². The minimum absolute atomic E-state index is 0.191. The number of aromatic carboxylic acids is 1.